The van der Waals surface area contributed by atoms with Crippen LogP contribution in [0.1, 0.15) is 117 Å². The van der Waals surface area contributed by atoms with E-state index in [2.05, 4.69) is 177 Å². The van der Waals surface area contributed by atoms with Gasteiger partial charge in [0.1, 0.15) is 0 Å². The second-order valence-electron chi connectivity index (χ2n) is 37.9. The number of nitrogens with one attached hydrogen (secondary N) is 8. The maximum absolute atomic E-state index is 13.3. The molecule has 40 heteroatoms. The van der Waals surface area contributed by atoms with Crippen molar-refractivity contribution in [1.29, 1.82) is 0 Å². The minimum Gasteiger partial charge on any atom is -0.349 e. The Morgan fingerprint density at radius 3 is 1.20 bits per heavy atom. The van der Waals surface area contributed by atoms with Crippen molar-refractivity contribution in [1.82, 2.24) is 89.2 Å². The van der Waals surface area contributed by atoms with Gasteiger partial charge in [-0.3, -0.25) is 19.9 Å². The van der Waals surface area contributed by atoms with E-state index in [0.29, 0.717) is 115 Å². The molecule has 15 heterocycles. The van der Waals surface area contributed by atoms with Gasteiger partial charge >= 0.3 is 18.5 Å². The summed E-state index contributed by atoms with van der Waals surface area (Å²) in [5.74, 6) is 1.93. The Morgan fingerprint density at radius 2 is 0.796 bits per heavy atom. The number of pyridine rings is 4. The number of aryl methyl sites for hydroxylation is 3. The van der Waals surface area contributed by atoms with Gasteiger partial charge in [-0.2, -0.15) is 39.5 Å². The minimum atomic E-state index is -4.45. The number of thiocarbonyl (C=S) groups is 4. The molecule has 3 saturated heterocycles. The van der Waals surface area contributed by atoms with E-state index >= 15 is 0 Å². The highest BCUT2D eigenvalue weighted by Crippen LogP contribution is 2.47. The minimum absolute atomic E-state index is 0.103. The molecule has 1 atom stereocenters. The van der Waals surface area contributed by atoms with Gasteiger partial charge in [-0.15, -0.1) is 0 Å². The lowest BCUT2D eigenvalue weighted by Crippen LogP contribution is -2.45. The zero-order chi connectivity index (χ0) is 101. The van der Waals surface area contributed by atoms with E-state index < -0.39 is 35.2 Å². The Morgan fingerprint density at radius 1 is 0.415 bits per heavy atom. The van der Waals surface area contributed by atoms with Gasteiger partial charge in [0.2, 0.25) is 23.8 Å². The number of hydrogen-bond acceptors (Lipinski definition) is 26. The molecule has 26 nitrogen and oxygen atoms in total. The molecule has 742 valence electrons. The van der Waals surface area contributed by atoms with Crippen molar-refractivity contribution in [3.63, 3.8) is 0 Å². The van der Waals surface area contributed by atoms with E-state index in [0.717, 1.165) is 229 Å². The summed E-state index contributed by atoms with van der Waals surface area (Å²) >= 11 is 27.7. The Bertz CT molecular complexity index is 6710. The van der Waals surface area contributed by atoms with E-state index in [1.165, 1.54) is 42.2 Å². The number of nitrogens with zero attached hydrogens (tertiary/aromatic N) is 18. The topological polar surface area (TPSA) is 270 Å². The Labute approximate surface area is 845 Å². The van der Waals surface area contributed by atoms with Crippen LogP contribution in [0.5, 0.6) is 0 Å². The summed E-state index contributed by atoms with van der Waals surface area (Å²) in [5, 5.41) is 25.9. The van der Waals surface area contributed by atoms with E-state index in [4.69, 9.17) is 75.4 Å². The highest BCUT2D eigenvalue weighted by atomic mass is 35.5. The maximum atomic E-state index is 13.3. The average molecular weight is 2030 g/mol. The molecule has 19 rings (SSSR count). The third-order valence-corrected chi connectivity index (χ3v) is 27.4. The van der Waals surface area contributed by atoms with Gasteiger partial charge in [0, 0.05) is 206 Å². The Hall–Kier alpha value is -12.0. The van der Waals surface area contributed by atoms with Crippen LogP contribution >= 0.6 is 60.5 Å². The summed E-state index contributed by atoms with van der Waals surface area (Å²) in [6.07, 6.45) is 10.7. The Kier molecular flexibility index (Phi) is 31.9. The summed E-state index contributed by atoms with van der Waals surface area (Å²) < 4.78 is 120. The molecule has 7 aliphatic rings. The van der Waals surface area contributed by atoms with E-state index in [9.17, 15) is 39.5 Å². The summed E-state index contributed by atoms with van der Waals surface area (Å²) in [5.41, 5.74) is 18.1. The number of rotatable bonds is 19. The fraction of sp³-hybridized carbons (Fsp3) is 0.373. The number of piperazine rings is 1. The number of fused-ring (bicyclic) bond motifs is 12. The van der Waals surface area contributed by atoms with Crippen molar-refractivity contribution >= 4 is 150 Å². The lowest BCUT2D eigenvalue weighted by molar-refractivity contribution is -0.138. The molecule has 12 aromatic rings. The van der Waals surface area contributed by atoms with Crippen molar-refractivity contribution in [2.45, 2.75) is 129 Å². The molecule has 1 unspecified atom stereocenters. The number of aromatic nitrogens is 12. The first-order valence-electron chi connectivity index (χ1n) is 46.7. The predicted molar refractivity (Wildman–Crippen MR) is 559 cm³/mol. The normalized spacial score (nSPS) is 16.5. The van der Waals surface area contributed by atoms with Gasteiger partial charge < -0.3 is 71.9 Å². The lowest BCUT2D eigenvalue weighted by Gasteiger charge is -2.43. The number of anilines is 12. The number of piperidine rings is 2. The van der Waals surface area contributed by atoms with Gasteiger partial charge in [0.05, 0.1) is 105 Å². The van der Waals surface area contributed by atoms with Gasteiger partial charge in [0.15, 0.2) is 0 Å². The highest BCUT2D eigenvalue weighted by Gasteiger charge is 2.39. The molecule has 142 heavy (non-hydrogen) atoms. The van der Waals surface area contributed by atoms with Crippen LogP contribution in [0.25, 0.3) is 45.0 Å². The molecular formula is C102H110ClF9N26S4. The van der Waals surface area contributed by atoms with Crippen molar-refractivity contribution in [2.24, 2.45) is 5.41 Å². The molecule has 4 aromatic carbocycles. The van der Waals surface area contributed by atoms with Gasteiger partial charge in [-0.1, -0.05) is 92.5 Å². The van der Waals surface area contributed by atoms with Crippen molar-refractivity contribution in [3.8, 4) is 45.0 Å². The van der Waals surface area contributed by atoms with Crippen LogP contribution in [-0.2, 0) is 63.5 Å². The van der Waals surface area contributed by atoms with Gasteiger partial charge in [0.25, 0.3) is 0 Å². The van der Waals surface area contributed by atoms with Crippen LogP contribution in [0.15, 0.2) is 153 Å². The lowest BCUT2D eigenvalue weighted by atomic mass is 9.71. The zero-order valence-corrected chi connectivity index (χ0v) is 84.4. The third-order valence-electron chi connectivity index (χ3n) is 26.2. The smallest absolute Gasteiger partial charge is 0.349 e. The van der Waals surface area contributed by atoms with Crippen molar-refractivity contribution in [3.05, 3.63) is 236 Å². The molecule has 0 saturated carbocycles. The fourth-order valence-electron chi connectivity index (χ4n) is 18.3. The molecule has 0 amide bonds. The van der Waals surface area contributed by atoms with E-state index in [1.807, 2.05) is 90.1 Å². The molecule has 0 bridgehead atoms. The number of benzene rings is 4. The van der Waals surface area contributed by atoms with Crippen LogP contribution in [0.2, 0.25) is 5.02 Å². The second kappa shape index (κ2) is 44.1. The van der Waals surface area contributed by atoms with Crippen molar-refractivity contribution < 1.29 is 39.5 Å². The van der Waals surface area contributed by atoms with Crippen molar-refractivity contribution in [2.75, 3.05) is 157 Å². The molecule has 0 spiro atoms. The van der Waals surface area contributed by atoms with Crippen LogP contribution in [-0.4, -0.2) is 229 Å². The zero-order valence-electron chi connectivity index (χ0n) is 80.4. The average Bonchev–Trinajstić information content (AvgIpc) is 1.68. The summed E-state index contributed by atoms with van der Waals surface area (Å²) in [4.78, 5) is 71.0. The quantitative estimate of drug-likeness (QED) is 0.0276. The van der Waals surface area contributed by atoms with Crippen LogP contribution in [0.3, 0.4) is 0 Å². The predicted octanol–water partition coefficient (Wildman–Crippen LogP) is 20.9. The number of hydrogen-bond donors (Lipinski definition) is 8. The number of likely N-dealkylation sites (N-methyl/N-ethyl adjacent to an activating group) is 2. The maximum Gasteiger partial charge on any atom is 0.416 e. The molecule has 3 fully saturated rings. The first kappa shape index (κ1) is 103. The monoisotopic (exact) mass is 2030 g/mol. The molecule has 0 radical (unpaired) electrons. The molecule has 0 aliphatic carbocycles. The van der Waals surface area contributed by atoms with Crippen LogP contribution in [0.4, 0.5) is 109 Å². The first-order chi connectivity index (χ1) is 67.6. The van der Waals surface area contributed by atoms with Gasteiger partial charge in [-0.25, -0.2) is 39.9 Å². The van der Waals surface area contributed by atoms with Gasteiger partial charge in [-0.05, 0) is 234 Å². The van der Waals surface area contributed by atoms with Crippen LogP contribution < -0.4 is 42.5 Å². The molecule has 8 aromatic heterocycles. The second-order valence-corrected chi connectivity index (χ2v) is 40.3. The summed E-state index contributed by atoms with van der Waals surface area (Å²) in [6.45, 7) is 21.9. The largest absolute Gasteiger partial charge is 0.416 e. The highest BCUT2D eigenvalue weighted by molar-refractivity contribution is 7.81. The third kappa shape index (κ3) is 26.0. The summed E-state index contributed by atoms with van der Waals surface area (Å²) in [6, 6.07) is 25.4. The molecular weight excluding hydrogens is 1920 g/mol. The molecule has 7 aliphatic heterocycles. The fourth-order valence-corrected chi connectivity index (χ4v) is 19.6. The standard InChI is InChI=1S/C28H32F3N7S.C27H29F3N6S.C24H26ClN7S.C23H23F3N6S/c1-17-23(12-18(15-32-17)6-9-38-10-7-21(8-11-38)37(2)3)35-27-33-16-19-13-25(39)34-24-14-20(28(29,30)31)4-5-22(24)26(19)36-27;1-15-21(9-16(12-31-15)20-7-8-36(4)14-26(20,2)3)34-25-32-13-17-10-23(37)33-22-11-18(27(28,29)30)5-6-19(22)24(17)35-25;1-31-6-8-32(9-7-31)5-4-16-10-19(15-26-13-16)28-24-27-14-17-11-22(33)29-21-12-18(25)2-3-20(21)23(17)30-24;1-13-18(8-14(11-27-13)6-7-32(2)3)30-22-28-12-15-9-20(33)29-19-10-16(23(24,25)26)4-5-17(19)21(15)31-22/h4-5,12,14-16,21H,6-11,13H2,1-3H3,(H,34,39)(H,33,35,36);5-6,9,11-13,20H,7-8,10,14H2,1-4H3,(H,33,37)(H,32,34,35);2-3,10,12-15H,4-9,11H2,1H3,(H,29,33)(H,27,28,30);4-5,8,10-12H,6-7,9H2,1-3H3,(H,29,33)(H,28,30,31). The number of halogens is 10. The summed E-state index contributed by atoms with van der Waals surface area (Å²) in [7, 11) is 12.7. The first-order valence-corrected chi connectivity index (χ1v) is 48.7. The van der Waals surface area contributed by atoms with Crippen LogP contribution in [0, 0.1) is 26.2 Å². The SMILES string of the molecule is CN1CCN(CCc2cncc(Nc3ncc4c(n3)-c3ccc(Cl)cc3NC(=S)C4)c2)CC1.Cc1ncc(C2CCN(C)CC2(C)C)cc1Nc1ncc2c(n1)-c1ccc(C(F)(F)F)cc1NC(=S)C2.Cc1ncc(CCN(C)C)cc1Nc1ncc2c(n1)-c1ccc(C(F)(F)F)cc1NC(=S)C2.Cc1ncc(CCN2CCC(N(C)C)CC2)cc1Nc1ncc2c(n1)-c1ccc(C(F)(F)F)cc1NC(=S)C2. The number of alkyl halides is 9. The number of likely N-dealkylation sites (tertiary alicyclic amines) is 2. The molecule has 8 N–H and O–H groups in total. The Balaban J connectivity index is 0.000000136. The van der Waals surface area contributed by atoms with E-state index in [-0.39, 0.29) is 22.5 Å². The van der Waals surface area contributed by atoms with E-state index in [1.54, 1.807) is 24.8 Å².